The maximum absolute atomic E-state index is 10.8. The third kappa shape index (κ3) is 2.41. The van der Waals surface area contributed by atoms with E-state index in [-0.39, 0.29) is 0 Å². The van der Waals surface area contributed by atoms with Crippen LogP contribution in [0.4, 0.5) is 0 Å². The van der Waals surface area contributed by atoms with Gasteiger partial charge in [0, 0.05) is 3.57 Å². The summed E-state index contributed by atoms with van der Waals surface area (Å²) >= 11 is 2.13. The zero-order chi connectivity index (χ0) is 9.84. The van der Waals surface area contributed by atoms with E-state index in [1.165, 1.54) is 0 Å². The molecule has 0 heterocycles. The third-order valence-corrected chi connectivity index (χ3v) is 2.73. The largest absolute Gasteiger partial charge is 0.480 e. The van der Waals surface area contributed by atoms with Crippen LogP contribution in [0.25, 0.3) is 0 Å². The lowest BCUT2D eigenvalue weighted by molar-refractivity contribution is -0.139. The highest BCUT2D eigenvalue weighted by molar-refractivity contribution is 14.1. The highest BCUT2D eigenvalue weighted by Gasteiger charge is 2.18. The van der Waals surface area contributed by atoms with Gasteiger partial charge in [-0.25, -0.2) is 0 Å². The Labute approximate surface area is 90.3 Å². The van der Waals surface area contributed by atoms with Crippen LogP contribution in [0.3, 0.4) is 0 Å². The highest BCUT2D eigenvalue weighted by atomic mass is 127. The van der Waals surface area contributed by atoms with Gasteiger partial charge in [-0.3, -0.25) is 4.79 Å². The average Bonchev–Trinajstić information content (AvgIpc) is 2.09. The summed E-state index contributed by atoms with van der Waals surface area (Å²) in [6, 6.07) is 6.82. The normalized spacial score (nSPS) is 12.5. The molecule has 0 bridgehead atoms. The Hall–Kier alpha value is -0.620. The first-order valence-corrected chi connectivity index (χ1v) is 4.89. The maximum atomic E-state index is 10.8. The van der Waals surface area contributed by atoms with E-state index in [0.717, 1.165) is 9.13 Å². The van der Waals surface area contributed by atoms with Gasteiger partial charge < -0.3 is 10.4 Å². The molecule has 2 N–H and O–H groups in total. The van der Waals surface area contributed by atoms with Crippen LogP contribution >= 0.6 is 22.6 Å². The molecule has 1 aromatic rings. The lowest BCUT2D eigenvalue weighted by Gasteiger charge is -2.12. The molecule has 0 saturated heterocycles. The Morgan fingerprint density at radius 3 is 2.62 bits per heavy atom. The van der Waals surface area contributed by atoms with Crippen molar-refractivity contribution in [2.75, 3.05) is 7.05 Å². The maximum Gasteiger partial charge on any atom is 0.325 e. The second-order valence-corrected chi connectivity index (χ2v) is 3.74. The molecule has 3 nitrogen and oxygen atoms in total. The number of halogens is 1. The standard InChI is InChI=1S/C9H10INO2/c1-11-8(9(12)13)6-4-2-3-5-7(6)10/h2-5,8,11H,1H3,(H,12,13). The van der Waals surface area contributed by atoms with Crippen molar-refractivity contribution in [3.05, 3.63) is 33.4 Å². The van der Waals surface area contributed by atoms with Crippen LogP contribution in [0, 0.1) is 3.57 Å². The highest BCUT2D eigenvalue weighted by Crippen LogP contribution is 2.19. The van der Waals surface area contributed by atoms with Crippen molar-refractivity contribution in [3.8, 4) is 0 Å². The van der Waals surface area contributed by atoms with Crippen LogP contribution in [-0.4, -0.2) is 18.1 Å². The number of nitrogens with one attached hydrogen (secondary N) is 1. The van der Waals surface area contributed by atoms with Crippen LogP contribution in [0.5, 0.6) is 0 Å². The summed E-state index contributed by atoms with van der Waals surface area (Å²) in [5, 5.41) is 11.6. The molecule has 0 aliphatic carbocycles. The minimum atomic E-state index is -0.855. The van der Waals surface area contributed by atoms with E-state index in [1.54, 1.807) is 7.05 Å². The summed E-state index contributed by atoms with van der Waals surface area (Å²) in [4.78, 5) is 10.8. The molecule has 4 heteroatoms. The van der Waals surface area contributed by atoms with Crippen LogP contribution in [0.2, 0.25) is 0 Å². The first kappa shape index (κ1) is 10.5. The van der Waals surface area contributed by atoms with Crippen molar-refractivity contribution in [1.82, 2.24) is 5.32 Å². The van der Waals surface area contributed by atoms with Gasteiger partial charge in [0.2, 0.25) is 0 Å². The number of carboxylic acid groups (broad SMARTS) is 1. The number of likely N-dealkylation sites (N-methyl/N-ethyl adjacent to an activating group) is 1. The van der Waals surface area contributed by atoms with Gasteiger partial charge in [0.25, 0.3) is 0 Å². The van der Waals surface area contributed by atoms with E-state index in [4.69, 9.17) is 5.11 Å². The summed E-state index contributed by atoms with van der Waals surface area (Å²) in [5.41, 5.74) is 0.804. The van der Waals surface area contributed by atoms with E-state index < -0.39 is 12.0 Å². The number of carbonyl (C=O) groups is 1. The SMILES string of the molecule is CNC(C(=O)O)c1ccccc1I. The van der Waals surface area contributed by atoms with Gasteiger partial charge >= 0.3 is 5.97 Å². The van der Waals surface area contributed by atoms with Gasteiger partial charge in [0.05, 0.1) is 0 Å². The summed E-state index contributed by atoms with van der Waals surface area (Å²) in [7, 11) is 1.64. The smallest absolute Gasteiger partial charge is 0.325 e. The van der Waals surface area contributed by atoms with Crippen molar-refractivity contribution in [2.24, 2.45) is 0 Å². The molecule has 13 heavy (non-hydrogen) atoms. The van der Waals surface area contributed by atoms with Gasteiger partial charge in [-0.1, -0.05) is 18.2 Å². The monoisotopic (exact) mass is 291 g/mol. The van der Waals surface area contributed by atoms with Gasteiger partial charge in [-0.15, -0.1) is 0 Å². The van der Waals surface area contributed by atoms with Crippen molar-refractivity contribution < 1.29 is 9.90 Å². The van der Waals surface area contributed by atoms with Gasteiger partial charge in [0.1, 0.15) is 6.04 Å². The topological polar surface area (TPSA) is 49.3 Å². The molecule has 0 aliphatic heterocycles. The number of rotatable bonds is 3. The van der Waals surface area contributed by atoms with Crippen LogP contribution in [0.1, 0.15) is 11.6 Å². The molecule has 0 amide bonds. The van der Waals surface area contributed by atoms with Crippen LogP contribution in [0.15, 0.2) is 24.3 Å². The van der Waals surface area contributed by atoms with Crippen LogP contribution < -0.4 is 5.32 Å². The molecule has 0 aliphatic rings. The number of aliphatic carboxylic acids is 1. The molecule has 1 aromatic carbocycles. The number of carboxylic acids is 1. The van der Waals surface area contributed by atoms with Crippen LogP contribution in [-0.2, 0) is 4.79 Å². The summed E-state index contributed by atoms with van der Waals surface area (Å²) in [6.07, 6.45) is 0. The fraction of sp³-hybridized carbons (Fsp3) is 0.222. The molecule has 0 fully saturated rings. The Bertz CT molecular complexity index is 314. The molecule has 1 unspecified atom stereocenters. The molecule has 0 spiro atoms. The molecule has 0 radical (unpaired) electrons. The van der Waals surface area contributed by atoms with Crippen molar-refractivity contribution >= 4 is 28.6 Å². The van der Waals surface area contributed by atoms with E-state index >= 15 is 0 Å². The molecule has 1 atom stereocenters. The minimum absolute atomic E-state index is 0.618. The van der Waals surface area contributed by atoms with Crippen molar-refractivity contribution in [2.45, 2.75) is 6.04 Å². The quantitative estimate of drug-likeness (QED) is 0.832. The molecular formula is C9H10INO2. The Kier molecular flexibility index (Phi) is 3.68. The van der Waals surface area contributed by atoms with Crippen molar-refractivity contribution in [1.29, 1.82) is 0 Å². The minimum Gasteiger partial charge on any atom is -0.480 e. The molecule has 70 valence electrons. The fourth-order valence-corrected chi connectivity index (χ4v) is 1.82. The molecule has 1 rings (SSSR count). The number of hydrogen-bond donors (Lipinski definition) is 2. The predicted octanol–water partition coefficient (Wildman–Crippen LogP) is 1.64. The average molecular weight is 291 g/mol. The lowest BCUT2D eigenvalue weighted by atomic mass is 10.1. The molecular weight excluding hydrogens is 281 g/mol. The third-order valence-electron chi connectivity index (χ3n) is 1.75. The zero-order valence-electron chi connectivity index (χ0n) is 7.12. The Morgan fingerprint density at radius 1 is 1.54 bits per heavy atom. The van der Waals surface area contributed by atoms with Gasteiger partial charge in [0.15, 0.2) is 0 Å². The Morgan fingerprint density at radius 2 is 2.15 bits per heavy atom. The predicted molar refractivity (Wildman–Crippen MR) is 58.6 cm³/mol. The summed E-state index contributed by atoms with van der Waals surface area (Å²) in [5.74, 6) is -0.855. The first-order chi connectivity index (χ1) is 6.16. The zero-order valence-corrected chi connectivity index (χ0v) is 9.28. The number of benzene rings is 1. The summed E-state index contributed by atoms with van der Waals surface area (Å²) in [6.45, 7) is 0. The van der Waals surface area contributed by atoms with Gasteiger partial charge in [-0.05, 0) is 41.3 Å². The van der Waals surface area contributed by atoms with Gasteiger partial charge in [-0.2, -0.15) is 0 Å². The lowest BCUT2D eigenvalue weighted by Crippen LogP contribution is -2.25. The van der Waals surface area contributed by atoms with E-state index in [1.807, 2.05) is 24.3 Å². The van der Waals surface area contributed by atoms with E-state index in [0.29, 0.717) is 0 Å². The summed E-state index contributed by atoms with van der Waals surface area (Å²) < 4.78 is 0.960. The fourth-order valence-electron chi connectivity index (χ4n) is 1.12. The first-order valence-electron chi connectivity index (χ1n) is 3.81. The molecule has 0 saturated carbocycles. The second-order valence-electron chi connectivity index (χ2n) is 2.58. The van der Waals surface area contributed by atoms with E-state index in [2.05, 4.69) is 27.9 Å². The van der Waals surface area contributed by atoms with E-state index in [9.17, 15) is 4.79 Å². The second kappa shape index (κ2) is 4.57. The molecule has 0 aromatic heterocycles. The number of hydrogen-bond acceptors (Lipinski definition) is 2. The van der Waals surface area contributed by atoms with Crippen molar-refractivity contribution in [3.63, 3.8) is 0 Å². The Balaban J connectivity index is 3.04.